The van der Waals surface area contributed by atoms with Crippen LogP contribution >= 0.6 is 11.6 Å². The maximum atomic E-state index is 12.3. The van der Waals surface area contributed by atoms with Crippen LogP contribution in [0.1, 0.15) is 52.4 Å². The molecule has 2 aliphatic rings. The van der Waals surface area contributed by atoms with Gasteiger partial charge in [-0.1, -0.05) is 30.3 Å². The standard InChI is InChI=1S/C22H26ClN5O2/c1-2-18(29)27-10-4-6-15(27)12-28-21(24)19(22(25)30)20(26-28)14-9-8-13-5-3-7-17(23)16(13)11-14/h2-3,5,7,14-15H,1,4,6,8-12,24H2,(H2,25,30). The van der Waals surface area contributed by atoms with Crippen LogP contribution in [0.2, 0.25) is 5.02 Å². The molecule has 0 radical (unpaired) electrons. The van der Waals surface area contributed by atoms with Crippen LogP contribution in [0.15, 0.2) is 30.9 Å². The number of rotatable bonds is 5. The number of likely N-dealkylation sites (tertiary alicyclic amines) is 1. The van der Waals surface area contributed by atoms with E-state index in [2.05, 4.69) is 12.6 Å². The number of carbonyl (C=O) groups is 2. The van der Waals surface area contributed by atoms with Crippen LogP contribution in [0.5, 0.6) is 0 Å². The molecule has 1 saturated heterocycles. The first-order valence-corrected chi connectivity index (χ1v) is 10.6. The molecule has 2 aromatic rings. The molecule has 1 fully saturated rings. The fraction of sp³-hybridized carbons (Fsp3) is 0.409. The van der Waals surface area contributed by atoms with Gasteiger partial charge in [-0.05, 0) is 55.4 Å². The highest BCUT2D eigenvalue weighted by atomic mass is 35.5. The number of hydrogen-bond donors (Lipinski definition) is 2. The number of nitrogen functional groups attached to an aromatic ring is 1. The molecule has 1 aromatic carbocycles. The highest BCUT2D eigenvalue weighted by Gasteiger charge is 2.33. The van der Waals surface area contributed by atoms with E-state index < -0.39 is 5.91 Å². The van der Waals surface area contributed by atoms with Crippen molar-refractivity contribution in [2.45, 2.75) is 50.6 Å². The van der Waals surface area contributed by atoms with Crippen molar-refractivity contribution in [3.8, 4) is 0 Å². The SMILES string of the molecule is C=CC(=O)N1CCCC1Cn1nc(C2CCc3cccc(Cl)c3C2)c(C(N)=O)c1N. The van der Waals surface area contributed by atoms with Gasteiger partial charge < -0.3 is 16.4 Å². The van der Waals surface area contributed by atoms with Crippen molar-refractivity contribution < 1.29 is 9.59 Å². The first kappa shape index (κ1) is 20.5. The molecule has 1 aliphatic carbocycles. The smallest absolute Gasteiger partial charge is 0.254 e. The van der Waals surface area contributed by atoms with Crippen LogP contribution in [-0.4, -0.2) is 39.1 Å². The number of nitrogens with zero attached hydrogens (tertiary/aromatic N) is 3. The lowest BCUT2D eigenvalue weighted by molar-refractivity contribution is -0.127. The Morgan fingerprint density at radius 3 is 2.87 bits per heavy atom. The van der Waals surface area contributed by atoms with E-state index in [1.165, 1.54) is 11.6 Å². The number of primary amides is 1. The summed E-state index contributed by atoms with van der Waals surface area (Å²) in [6, 6.07) is 5.90. The van der Waals surface area contributed by atoms with E-state index in [9.17, 15) is 9.59 Å². The predicted octanol–water partition coefficient (Wildman–Crippen LogP) is 2.67. The quantitative estimate of drug-likeness (QED) is 0.715. The van der Waals surface area contributed by atoms with Gasteiger partial charge in [-0.25, -0.2) is 4.68 Å². The first-order valence-electron chi connectivity index (χ1n) is 10.3. The van der Waals surface area contributed by atoms with Gasteiger partial charge in [0.2, 0.25) is 5.91 Å². The molecule has 0 spiro atoms. The maximum absolute atomic E-state index is 12.3. The molecule has 30 heavy (non-hydrogen) atoms. The van der Waals surface area contributed by atoms with Gasteiger partial charge in [0, 0.05) is 17.5 Å². The van der Waals surface area contributed by atoms with Gasteiger partial charge in [-0.15, -0.1) is 0 Å². The van der Waals surface area contributed by atoms with E-state index >= 15 is 0 Å². The van der Waals surface area contributed by atoms with E-state index in [0.29, 0.717) is 25.2 Å². The molecular formula is C22H26ClN5O2. The number of carbonyl (C=O) groups excluding carboxylic acids is 2. The van der Waals surface area contributed by atoms with Gasteiger partial charge in [0.15, 0.2) is 0 Å². The second kappa shape index (κ2) is 8.14. The molecule has 4 rings (SSSR count). The third kappa shape index (κ3) is 3.58. The number of halogens is 1. The number of benzene rings is 1. The summed E-state index contributed by atoms with van der Waals surface area (Å²) in [6.07, 6.45) is 5.49. The van der Waals surface area contributed by atoms with E-state index in [0.717, 1.165) is 36.3 Å². The molecule has 158 valence electrons. The summed E-state index contributed by atoms with van der Waals surface area (Å²) in [5.41, 5.74) is 15.3. The number of anilines is 1. The van der Waals surface area contributed by atoms with Gasteiger partial charge in [-0.3, -0.25) is 9.59 Å². The summed E-state index contributed by atoms with van der Waals surface area (Å²) < 4.78 is 1.64. The summed E-state index contributed by atoms with van der Waals surface area (Å²) >= 11 is 6.42. The Morgan fingerprint density at radius 1 is 1.33 bits per heavy atom. The van der Waals surface area contributed by atoms with Crippen LogP contribution in [0.4, 0.5) is 5.82 Å². The Morgan fingerprint density at radius 2 is 2.13 bits per heavy atom. The minimum atomic E-state index is -0.579. The molecule has 1 aliphatic heterocycles. The molecule has 4 N–H and O–H groups in total. The molecule has 2 heterocycles. The summed E-state index contributed by atoms with van der Waals surface area (Å²) in [4.78, 5) is 26.2. The van der Waals surface area contributed by atoms with Crippen molar-refractivity contribution in [1.29, 1.82) is 0 Å². The fourth-order valence-electron chi connectivity index (χ4n) is 4.78. The van der Waals surface area contributed by atoms with Crippen LogP contribution < -0.4 is 11.5 Å². The van der Waals surface area contributed by atoms with Crippen molar-refractivity contribution in [3.05, 3.63) is 58.3 Å². The van der Waals surface area contributed by atoms with Crippen molar-refractivity contribution in [3.63, 3.8) is 0 Å². The molecule has 2 unspecified atom stereocenters. The van der Waals surface area contributed by atoms with Gasteiger partial charge in [-0.2, -0.15) is 5.10 Å². The topological polar surface area (TPSA) is 107 Å². The normalized spacial score (nSPS) is 20.8. The molecule has 1 aromatic heterocycles. The lowest BCUT2D eigenvalue weighted by atomic mass is 9.81. The molecule has 0 saturated carbocycles. The average molecular weight is 428 g/mol. The van der Waals surface area contributed by atoms with Crippen LogP contribution in [0.25, 0.3) is 0 Å². The van der Waals surface area contributed by atoms with Crippen LogP contribution in [0, 0.1) is 0 Å². The number of aromatic nitrogens is 2. The summed E-state index contributed by atoms with van der Waals surface area (Å²) in [6.45, 7) is 4.69. The van der Waals surface area contributed by atoms with Gasteiger partial charge >= 0.3 is 0 Å². The monoisotopic (exact) mass is 427 g/mol. The Balaban J connectivity index is 1.65. The molecule has 2 atom stereocenters. The zero-order chi connectivity index (χ0) is 21.4. The number of amides is 2. The zero-order valence-corrected chi connectivity index (χ0v) is 17.6. The highest BCUT2D eigenvalue weighted by Crippen LogP contribution is 2.38. The molecule has 8 heteroatoms. The highest BCUT2D eigenvalue weighted by molar-refractivity contribution is 6.31. The first-order chi connectivity index (χ1) is 14.4. The number of hydrogen-bond acceptors (Lipinski definition) is 4. The van der Waals surface area contributed by atoms with E-state index in [1.54, 1.807) is 9.58 Å². The lowest BCUT2D eigenvalue weighted by Gasteiger charge is -2.25. The Kier molecular flexibility index (Phi) is 5.56. The van der Waals surface area contributed by atoms with Crippen molar-refractivity contribution >= 4 is 29.2 Å². The summed E-state index contributed by atoms with van der Waals surface area (Å²) in [7, 11) is 0. The fourth-order valence-corrected chi connectivity index (χ4v) is 5.05. The van der Waals surface area contributed by atoms with Gasteiger partial charge in [0.05, 0.1) is 18.3 Å². The van der Waals surface area contributed by atoms with Crippen LogP contribution in [-0.2, 0) is 24.2 Å². The number of fused-ring (bicyclic) bond motifs is 1. The molecule has 7 nitrogen and oxygen atoms in total. The number of aryl methyl sites for hydroxylation is 1. The lowest BCUT2D eigenvalue weighted by Crippen LogP contribution is -2.37. The molecule has 0 bridgehead atoms. The zero-order valence-electron chi connectivity index (χ0n) is 16.8. The van der Waals surface area contributed by atoms with Gasteiger partial charge in [0.1, 0.15) is 11.4 Å². The molecule has 2 amide bonds. The Labute approximate surface area is 180 Å². The minimum absolute atomic E-state index is 0.0120. The summed E-state index contributed by atoms with van der Waals surface area (Å²) in [5, 5.41) is 5.46. The van der Waals surface area contributed by atoms with Crippen LogP contribution in [0.3, 0.4) is 0 Å². The largest absolute Gasteiger partial charge is 0.383 e. The Bertz CT molecular complexity index is 1020. The minimum Gasteiger partial charge on any atom is -0.383 e. The number of nitrogens with two attached hydrogens (primary N) is 2. The molecular weight excluding hydrogens is 402 g/mol. The van der Waals surface area contributed by atoms with E-state index in [-0.39, 0.29) is 29.2 Å². The summed E-state index contributed by atoms with van der Waals surface area (Å²) in [5.74, 6) is -0.403. The maximum Gasteiger partial charge on any atom is 0.254 e. The van der Waals surface area contributed by atoms with E-state index in [1.807, 2.05) is 12.1 Å². The third-order valence-electron chi connectivity index (χ3n) is 6.30. The second-order valence-electron chi connectivity index (χ2n) is 8.04. The van der Waals surface area contributed by atoms with Crippen molar-refractivity contribution in [2.24, 2.45) is 5.73 Å². The average Bonchev–Trinajstić information content (AvgIpc) is 3.32. The second-order valence-corrected chi connectivity index (χ2v) is 8.45. The van der Waals surface area contributed by atoms with E-state index in [4.69, 9.17) is 28.2 Å². The predicted molar refractivity (Wildman–Crippen MR) is 116 cm³/mol. The Hall–Kier alpha value is -2.80. The third-order valence-corrected chi connectivity index (χ3v) is 6.65. The van der Waals surface area contributed by atoms with Crippen molar-refractivity contribution in [2.75, 3.05) is 12.3 Å². The van der Waals surface area contributed by atoms with Gasteiger partial charge in [0.25, 0.3) is 5.91 Å². The van der Waals surface area contributed by atoms with Crippen molar-refractivity contribution in [1.82, 2.24) is 14.7 Å².